The molecule has 0 fully saturated rings. The molecule has 3 rings (SSSR count). The van der Waals surface area contributed by atoms with Crippen LogP contribution in [-0.2, 0) is 12.8 Å². The molecule has 0 unspecified atom stereocenters. The lowest BCUT2D eigenvalue weighted by Crippen LogP contribution is -2.21. The number of benzene rings is 1. The van der Waals surface area contributed by atoms with Crippen molar-refractivity contribution in [3.63, 3.8) is 0 Å². The Kier molecular flexibility index (Phi) is 7.85. The summed E-state index contributed by atoms with van der Waals surface area (Å²) in [5, 5.41) is 3.12. The van der Waals surface area contributed by atoms with Crippen LogP contribution in [0.3, 0.4) is 0 Å². The summed E-state index contributed by atoms with van der Waals surface area (Å²) in [5.41, 5.74) is 3.21. The molecule has 3 aromatic rings. The van der Waals surface area contributed by atoms with Crippen molar-refractivity contribution in [3.8, 4) is 0 Å². The van der Waals surface area contributed by atoms with Gasteiger partial charge in [0, 0.05) is 27.9 Å². The van der Waals surface area contributed by atoms with Crippen LogP contribution >= 0.6 is 0 Å². The Morgan fingerprint density at radius 3 is 2.77 bits per heavy atom. The molecule has 30 heavy (non-hydrogen) atoms. The largest absolute Gasteiger partial charge is 0.448 e. The molecule has 1 N–H and O–H groups in total. The van der Waals surface area contributed by atoms with Gasteiger partial charge in [-0.05, 0) is 50.0 Å². The molecule has 0 saturated heterocycles. The summed E-state index contributed by atoms with van der Waals surface area (Å²) in [6.07, 6.45) is 24.1. The van der Waals surface area contributed by atoms with Crippen LogP contribution in [0, 0.1) is 0 Å². The molecule has 0 aliphatic carbocycles. The van der Waals surface area contributed by atoms with Gasteiger partial charge >= 0.3 is 0 Å². The monoisotopic (exact) mass is 398 g/mol. The minimum Gasteiger partial charge on any atom is -0.448 e. The summed E-state index contributed by atoms with van der Waals surface area (Å²) >= 11 is 0. The van der Waals surface area contributed by atoms with E-state index in [4.69, 9.17) is 4.42 Å². The zero-order valence-corrected chi connectivity index (χ0v) is 17.9. The van der Waals surface area contributed by atoms with Crippen LogP contribution in [-0.4, -0.2) is 9.97 Å². The van der Waals surface area contributed by atoms with E-state index in [0.717, 1.165) is 46.4 Å². The molecule has 3 nitrogen and oxygen atoms in total. The number of hydrogen-bond acceptors (Lipinski definition) is 2. The number of rotatable bonds is 9. The standard InChI is InChI=1S/C27H30N2O/c1-4-6-8-10-12-14-22-16-17-25-24(18-22)21(3)26(29-25)19-23-20-30-27(28-23)15-13-11-9-7-5-2/h4,6-11,13,16-20,29H,3,5,12,14-15H2,1-2H3/b6-4-,9-7-,10-8-,13-11-,26-19+. The summed E-state index contributed by atoms with van der Waals surface area (Å²) in [7, 11) is 0. The first-order valence-corrected chi connectivity index (χ1v) is 10.6. The van der Waals surface area contributed by atoms with Crippen LogP contribution in [0.5, 0.6) is 0 Å². The third-order valence-corrected chi connectivity index (χ3v) is 4.82. The number of allylic oxidation sites excluding steroid dienone is 8. The van der Waals surface area contributed by atoms with Crippen molar-refractivity contribution in [1.82, 2.24) is 9.97 Å². The molecule has 2 heterocycles. The molecule has 0 spiro atoms. The third kappa shape index (κ3) is 5.84. The lowest BCUT2D eigenvalue weighted by molar-refractivity contribution is 0.509. The number of fused-ring (bicyclic) bond motifs is 1. The highest BCUT2D eigenvalue weighted by Gasteiger charge is 2.03. The van der Waals surface area contributed by atoms with Crippen molar-refractivity contribution in [3.05, 3.63) is 101 Å². The fraction of sp³-hybridized carbons (Fsp3) is 0.222. The first kappa shape index (κ1) is 21.4. The Labute approximate surface area is 178 Å². The highest BCUT2D eigenvalue weighted by molar-refractivity contribution is 5.81. The number of oxazole rings is 1. The van der Waals surface area contributed by atoms with Gasteiger partial charge in [-0.1, -0.05) is 68.2 Å². The van der Waals surface area contributed by atoms with E-state index in [2.05, 4.69) is 66.0 Å². The molecule has 154 valence electrons. The lowest BCUT2D eigenvalue weighted by atomic mass is 10.1. The van der Waals surface area contributed by atoms with Crippen molar-refractivity contribution in [1.29, 1.82) is 0 Å². The van der Waals surface area contributed by atoms with Crippen molar-refractivity contribution in [2.24, 2.45) is 0 Å². The van der Waals surface area contributed by atoms with E-state index >= 15 is 0 Å². The average Bonchev–Trinajstić information content (AvgIpc) is 3.32. The van der Waals surface area contributed by atoms with E-state index in [1.165, 1.54) is 5.56 Å². The molecule has 2 aromatic heterocycles. The average molecular weight is 399 g/mol. The van der Waals surface area contributed by atoms with Crippen LogP contribution in [0.15, 0.2) is 77.5 Å². The molecule has 0 atom stereocenters. The minimum atomic E-state index is 0.678. The van der Waals surface area contributed by atoms with Gasteiger partial charge in [-0.15, -0.1) is 0 Å². The number of nitrogens with zero attached hydrogens (tertiary/aromatic N) is 1. The topological polar surface area (TPSA) is 41.8 Å². The minimum absolute atomic E-state index is 0.678. The Balaban J connectivity index is 1.75. The molecule has 1 aromatic carbocycles. The van der Waals surface area contributed by atoms with Crippen LogP contribution in [0.1, 0.15) is 43.8 Å². The lowest BCUT2D eigenvalue weighted by Gasteiger charge is -1.98. The summed E-state index contributed by atoms with van der Waals surface area (Å²) in [4.78, 5) is 8.01. The maximum atomic E-state index is 5.59. The summed E-state index contributed by atoms with van der Waals surface area (Å²) < 4.78 is 5.59. The van der Waals surface area contributed by atoms with E-state index < -0.39 is 0 Å². The van der Waals surface area contributed by atoms with Gasteiger partial charge in [0.25, 0.3) is 0 Å². The van der Waals surface area contributed by atoms with Crippen LogP contribution in [0.2, 0.25) is 0 Å². The van der Waals surface area contributed by atoms with E-state index in [1.807, 2.05) is 37.3 Å². The summed E-state index contributed by atoms with van der Waals surface area (Å²) in [5.74, 6) is 0.706. The second-order valence-corrected chi connectivity index (χ2v) is 7.17. The van der Waals surface area contributed by atoms with Crippen molar-refractivity contribution < 1.29 is 4.42 Å². The van der Waals surface area contributed by atoms with Gasteiger partial charge < -0.3 is 9.40 Å². The second-order valence-electron chi connectivity index (χ2n) is 7.17. The van der Waals surface area contributed by atoms with Gasteiger partial charge in [0.1, 0.15) is 12.0 Å². The number of hydrogen-bond donors (Lipinski definition) is 1. The molecular weight excluding hydrogens is 368 g/mol. The van der Waals surface area contributed by atoms with Crippen LogP contribution < -0.4 is 10.6 Å². The SMILES string of the molecule is C=c1/c(=C\c2coc(C/C=C\C=C/CC)n2)[nH]c2ccc(CC/C=C\C=C/C)cc12. The first-order chi connectivity index (χ1) is 14.7. The molecular formula is C27H30N2O. The molecule has 0 aliphatic heterocycles. The van der Waals surface area contributed by atoms with Gasteiger partial charge in [-0.25, -0.2) is 4.98 Å². The van der Waals surface area contributed by atoms with E-state index in [9.17, 15) is 0 Å². The molecule has 3 heteroatoms. The number of aryl methyl sites for hydroxylation is 1. The third-order valence-electron chi connectivity index (χ3n) is 4.82. The van der Waals surface area contributed by atoms with Crippen LogP contribution in [0.4, 0.5) is 0 Å². The van der Waals surface area contributed by atoms with Gasteiger partial charge in [-0.3, -0.25) is 0 Å². The van der Waals surface area contributed by atoms with Crippen LogP contribution in [0.25, 0.3) is 23.6 Å². The highest BCUT2D eigenvalue weighted by Crippen LogP contribution is 2.12. The number of aromatic nitrogens is 2. The Hall–Kier alpha value is -3.33. The number of H-pyrrole nitrogens is 1. The van der Waals surface area contributed by atoms with Gasteiger partial charge in [-0.2, -0.15) is 0 Å². The zero-order chi connectivity index (χ0) is 21.2. The molecule has 0 bridgehead atoms. The predicted molar refractivity (Wildman–Crippen MR) is 128 cm³/mol. The maximum absolute atomic E-state index is 5.59. The normalized spacial score (nSPS) is 13.3. The molecule has 0 amide bonds. The fourth-order valence-corrected chi connectivity index (χ4v) is 3.23. The first-order valence-electron chi connectivity index (χ1n) is 10.6. The van der Waals surface area contributed by atoms with Gasteiger partial charge in [0.2, 0.25) is 0 Å². The Morgan fingerprint density at radius 1 is 1.10 bits per heavy atom. The van der Waals surface area contributed by atoms with Crippen molar-refractivity contribution in [2.75, 3.05) is 0 Å². The Bertz CT molecular complexity index is 1190. The molecule has 0 saturated carbocycles. The van der Waals surface area contributed by atoms with Gasteiger partial charge in [0.15, 0.2) is 5.89 Å². The molecule has 0 aliphatic rings. The van der Waals surface area contributed by atoms with Crippen molar-refractivity contribution >= 4 is 23.6 Å². The summed E-state index contributed by atoms with van der Waals surface area (Å²) in [6.45, 7) is 8.43. The zero-order valence-electron chi connectivity index (χ0n) is 17.9. The molecule has 0 radical (unpaired) electrons. The summed E-state index contributed by atoms with van der Waals surface area (Å²) in [6, 6.07) is 6.55. The van der Waals surface area contributed by atoms with E-state index in [-0.39, 0.29) is 0 Å². The van der Waals surface area contributed by atoms with E-state index in [0.29, 0.717) is 12.3 Å². The highest BCUT2D eigenvalue weighted by atomic mass is 16.3. The van der Waals surface area contributed by atoms with Gasteiger partial charge in [0.05, 0.1) is 0 Å². The quantitative estimate of drug-likeness (QED) is 0.482. The maximum Gasteiger partial charge on any atom is 0.198 e. The fourth-order valence-electron chi connectivity index (χ4n) is 3.23. The Morgan fingerprint density at radius 2 is 1.93 bits per heavy atom. The number of aromatic amines is 1. The second kappa shape index (κ2) is 11.0. The van der Waals surface area contributed by atoms with E-state index in [1.54, 1.807) is 6.26 Å². The van der Waals surface area contributed by atoms with Crippen molar-refractivity contribution in [2.45, 2.75) is 39.5 Å². The predicted octanol–water partition coefficient (Wildman–Crippen LogP) is 5.52. The number of nitrogens with one attached hydrogen (secondary N) is 1. The smallest absolute Gasteiger partial charge is 0.198 e.